The summed E-state index contributed by atoms with van der Waals surface area (Å²) in [4.78, 5) is 2.65. The molecule has 2 atom stereocenters. The molecular formula is C18H29BrN2. The van der Waals surface area contributed by atoms with Gasteiger partial charge in [-0.2, -0.15) is 0 Å². The molecule has 1 heterocycles. The number of benzene rings is 1. The molecule has 3 heteroatoms. The molecule has 0 amide bonds. The summed E-state index contributed by atoms with van der Waals surface area (Å²) in [7, 11) is 0. The lowest BCUT2D eigenvalue weighted by Gasteiger charge is -2.49. The highest BCUT2D eigenvalue weighted by Crippen LogP contribution is 2.34. The first-order chi connectivity index (χ1) is 9.77. The van der Waals surface area contributed by atoms with Gasteiger partial charge in [-0.3, -0.25) is 0 Å². The van der Waals surface area contributed by atoms with Gasteiger partial charge in [-0.25, -0.2) is 0 Å². The molecule has 1 saturated heterocycles. The molecule has 1 aromatic carbocycles. The number of nitrogens with one attached hydrogen (secondary N) is 1. The van der Waals surface area contributed by atoms with Crippen molar-refractivity contribution in [2.75, 3.05) is 18.0 Å². The van der Waals surface area contributed by atoms with Gasteiger partial charge in [-0.1, -0.05) is 36.7 Å². The molecule has 1 aliphatic heterocycles. The second kappa shape index (κ2) is 6.29. The first kappa shape index (κ1) is 16.8. The number of hydrogen-bond donors (Lipinski definition) is 1. The average molecular weight is 353 g/mol. The highest BCUT2D eigenvalue weighted by Gasteiger charge is 2.36. The number of piperazine rings is 1. The van der Waals surface area contributed by atoms with E-state index in [0.717, 1.165) is 19.5 Å². The van der Waals surface area contributed by atoms with Gasteiger partial charge in [0, 0.05) is 34.8 Å². The monoisotopic (exact) mass is 352 g/mol. The van der Waals surface area contributed by atoms with Crippen molar-refractivity contribution in [3.8, 4) is 0 Å². The number of rotatable bonds is 3. The van der Waals surface area contributed by atoms with E-state index in [1.54, 1.807) is 0 Å². The molecule has 0 bridgehead atoms. The zero-order valence-electron chi connectivity index (χ0n) is 14.3. The summed E-state index contributed by atoms with van der Waals surface area (Å²) in [5.41, 5.74) is 4.37. The van der Waals surface area contributed by atoms with E-state index in [0.29, 0.717) is 12.0 Å². The molecular weight excluding hydrogens is 324 g/mol. The second-order valence-corrected chi connectivity index (χ2v) is 8.04. The standard InChI is InChI=1S/C18H29BrN2/c1-7-18(6)11-21(16(10-20-18)12(2)3)17-13(4)8-15(19)9-14(17)5/h8-9,12,16,20H,7,10-11H2,1-6H3. The molecule has 0 saturated carbocycles. The summed E-state index contributed by atoms with van der Waals surface area (Å²) in [5.74, 6) is 0.640. The highest BCUT2D eigenvalue weighted by molar-refractivity contribution is 9.10. The van der Waals surface area contributed by atoms with Gasteiger partial charge in [-0.15, -0.1) is 0 Å². The van der Waals surface area contributed by atoms with E-state index in [2.05, 4.69) is 79.8 Å². The molecule has 1 aliphatic rings. The van der Waals surface area contributed by atoms with Crippen LogP contribution in [0.25, 0.3) is 0 Å². The quantitative estimate of drug-likeness (QED) is 0.850. The Bertz CT molecular complexity index is 489. The first-order valence-corrected chi connectivity index (χ1v) is 8.85. The smallest absolute Gasteiger partial charge is 0.0438 e. The highest BCUT2D eigenvalue weighted by atomic mass is 79.9. The van der Waals surface area contributed by atoms with E-state index >= 15 is 0 Å². The van der Waals surface area contributed by atoms with Crippen molar-refractivity contribution >= 4 is 21.6 Å². The Balaban J connectivity index is 2.45. The molecule has 1 fully saturated rings. The van der Waals surface area contributed by atoms with Crippen LogP contribution >= 0.6 is 15.9 Å². The predicted molar refractivity (Wildman–Crippen MR) is 96.3 cm³/mol. The van der Waals surface area contributed by atoms with Crippen LogP contribution in [0.2, 0.25) is 0 Å². The number of anilines is 1. The van der Waals surface area contributed by atoms with Gasteiger partial charge < -0.3 is 10.2 Å². The Labute approximate surface area is 138 Å². The van der Waals surface area contributed by atoms with E-state index in [9.17, 15) is 0 Å². The van der Waals surface area contributed by atoms with Crippen molar-refractivity contribution < 1.29 is 0 Å². The van der Waals surface area contributed by atoms with Crippen LogP contribution in [0.1, 0.15) is 45.2 Å². The third kappa shape index (κ3) is 3.45. The fourth-order valence-electron chi connectivity index (χ4n) is 3.44. The SMILES string of the molecule is CCC1(C)CN(c2c(C)cc(Br)cc2C)C(C(C)C)CN1. The summed E-state index contributed by atoms with van der Waals surface area (Å²) in [6.07, 6.45) is 1.16. The molecule has 1 N–H and O–H groups in total. The third-order valence-corrected chi connectivity index (χ3v) is 5.41. The minimum absolute atomic E-state index is 0.206. The topological polar surface area (TPSA) is 15.3 Å². The van der Waals surface area contributed by atoms with E-state index in [1.165, 1.54) is 21.3 Å². The average Bonchev–Trinajstić information content (AvgIpc) is 2.37. The third-order valence-electron chi connectivity index (χ3n) is 4.95. The van der Waals surface area contributed by atoms with Crippen LogP contribution in [0.3, 0.4) is 0 Å². The molecule has 0 aromatic heterocycles. The van der Waals surface area contributed by atoms with Crippen LogP contribution in [-0.4, -0.2) is 24.7 Å². The van der Waals surface area contributed by atoms with Crippen molar-refractivity contribution in [2.24, 2.45) is 5.92 Å². The normalized spacial score (nSPS) is 26.5. The van der Waals surface area contributed by atoms with Gasteiger partial charge in [0.2, 0.25) is 0 Å². The number of nitrogens with zero attached hydrogens (tertiary/aromatic N) is 1. The zero-order chi connectivity index (χ0) is 15.8. The molecule has 118 valence electrons. The van der Waals surface area contributed by atoms with Gasteiger partial charge in [-0.05, 0) is 56.4 Å². The lowest BCUT2D eigenvalue weighted by Crippen LogP contribution is -2.64. The van der Waals surface area contributed by atoms with Crippen molar-refractivity contribution in [3.05, 3.63) is 27.7 Å². The van der Waals surface area contributed by atoms with Crippen LogP contribution in [0.5, 0.6) is 0 Å². The van der Waals surface area contributed by atoms with Crippen LogP contribution in [0.4, 0.5) is 5.69 Å². The largest absolute Gasteiger partial charge is 0.365 e. The fourth-order valence-corrected chi connectivity index (χ4v) is 4.13. The van der Waals surface area contributed by atoms with Gasteiger partial charge in [0.05, 0.1) is 0 Å². The van der Waals surface area contributed by atoms with Gasteiger partial charge in [0.25, 0.3) is 0 Å². The summed E-state index contributed by atoms with van der Waals surface area (Å²) >= 11 is 3.62. The van der Waals surface area contributed by atoms with Gasteiger partial charge in [0.15, 0.2) is 0 Å². The van der Waals surface area contributed by atoms with E-state index < -0.39 is 0 Å². The Morgan fingerprint density at radius 1 is 1.33 bits per heavy atom. The maximum Gasteiger partial charge on any atom is 0.0438 e. The van der Waals surface area contributed by atoms with Crippen LogP contribution in [0, 0.1) is 19.8 Å². The number of hydrogen-bond acceptors (Lipinski definition) is 2. The Morgan fingerprint density at radius 3 is 2.38 bits per heavy atom. The lowest BCUT2D eigenvalue weighted by molar-refractivity contribution is 0.252. The van der Waals surface area contributed by atoms with Crippen LogP contribution in [-0.2, 0) is 0 Å². The number of aryl methyl sites for hydroxylation is 2. The maximum absolute atomic E-state index is 3.78. The molecule has 0 spiro atoms. The summed E-state index contributed by atoms with van der Waals surface area (Å²) in [6.45, 7) is 15.9. The first-order valence-electron chi connectivity index (χ1n) is 8.06. The predicted octanol–water partition coefficient (Wildman–Crippen LogP) is 4.67. The minimum Gasteiger partial charge on any atom is -0.365 e. The fraction of sp³-hybridized carbons (Fsp3) is 0.667. The van der Waals surface area contributed by atoms with E-state index in [1.807, 2.05) is 0 Å². The van der Waals surface area contributed by atoms with Crippen molar-refractivity contribution in [2.45, 2.75) is 59.5 Å². The molecule has 2 nitrogen and oxygen atoms in total. The van der Waals surface area contributed by atoms with Crippen molar-refractivity contribution in [3.63, 3.8) is 0 Å². The maximum atomic E-state index is 3.78. The minimum atomic E-state index is 0.206. The van der Waals surface area contributed by atoms with Gasteiger partial charge >= 0.3 is 0 Å². The summed E-state index contributed by atoms with van der Waals surface area (Å²) in [5, 5.41) is 3.78. The summed E-state index contributed by atoms with van der Waals surface area (Å²) in [6, 6.07) is 5.04. The molecule has 21 heavy (non-hydrogen) atoms. The Hall–Kier alpha value is -0.540. The molecule has 2 unspecified atom stereocenters. The van der Waals surface area contributed by atoms with Crippen molar-refractivity contribution in [1.82, 2.24) is 5.32 Å². The lowest BCUT2D eigenvalue weighted by atomic mass is 9.88. The Kier molecular flexibility index (Phi) is 5.04. The molecule has 0 aliphatic carbocycles. The molecule has 2 rings (SSSR count). The number of halogens is 1. The van der Waals surface area contributed by atoms with E-state index in [4.69, 9.17) is 0 Å². The van der Waals surface area contributed by atoms with E-state index in [-0.39, 0.29) is 5.54 Å². The van der Waals surface area contributed by atoms with Gasteiger partial charge in [0.1, 0.15) is 0 Å². The van der Waals surface area contributed by atoms with Crippen LogP contribution in [0.15, 0.2) is 16.6 Å². The Morgan fingerprint density at radius 2 is 1.90 bits per heavy atom. The molecule has 1 aromatic rings. The van der Waals surface area contributed by atoms with Crippen LogP contribution < -0.4 is 10.2 Å². The zero-order valence-corrected chi connectivity index (χ0v) is 15.8. The summed E-state index contributed by atoms with van der Waals surface area (Å²) < 4.78 is 1.18. The van der Waals surface area contributed by atoms with Crippen molar-refractivity contribution in [1.29, 1.82) is 0 Å². The second-order valence-electron chi connectivity index (χ2n) is 7.12. The molecule has 0 radical (unpaired) electrons.